The smallest absolute Gasteiger partial charge is 0.297 e. The van der Waals surface area contributed by atoms with Crippen LogP contribution in [0.4, 0.5) is 0 Å². The Bertz CT molecular complexity index is 942. The van der Waals surface area contributed by atoms with E-state index in [1.54, 1.807) is 13.8 Å². The quantitative estimate of drug-likeness (QED) is 0.378. The van der Waals surface area contributed by atoms with Crippen LogP contribution >= 0.6 is 8.25 Å². The number of benzene rings is 2. The average Bonchev–Trinajstić information content (AvgIpc) is 2.82. The molecule has 32 heavy (non-hydrogen) atoms. The van der Waals surface area contributed by atoms with Crippen LogP contribution in [0.1, 0.15) is 37.8 Å². The summed E-state index contributed by atoms with van der Waals surface area (Å²) >= 11 is 0. The van der Waals surface area contributed by atoms with Gasteiger partial charge in [-0.2, -0.15) is 0 Å². The van der Waals surface area contributed by atoms with E-state index in [0.717, 1.165) is 11.1 Å². The largest absolute Gasteiger partial charge is 0.698 e. The van der Waals surface area contributed by atoms with Crippen molar-refractivity contribution in [3.8, 4) is 23.7 Å². The molecule has 0 radical (unpaired) electrons. The molecule has 0 amide bonds. The lowest BCUT2D eigenvalue weighted by Crippen LogP contribution is -2.17. The van der Waals surface area contributed by atoms with Gasteiger partial charge >= 0.3 is 8.25 Å². The Morgan fingerprint density at radius 1 is 0.750 bits per heavy atom. The molecule has 0 aliphatic rings. The number of carbonyl (C=O) groups is 2. The van der Waals surface area contributed by atoms with E-state index in [-0.39, 0.29) is 36.6 Å². The molecule has 0 unspecified atom stereocenters. The molecule has 5 nitrogen and oxygen atoms in total. The SMILES string of the molecule is C[C@@H](CC#Cc1ccccc1)C(=O)CO[P+](=O)OCC(=O)[C@@H](C)CC#Cc1ccccc1. The number of hydrogen-bond acceptors (Lipinski definition) is 5. The Morgan fingerprint density at radius 3 is 1.50 bits per heavy atom. The van der Waals surface area contributed by atoms with E-state index >= 15 is 0 Å². The van der Waals surface area contributed by atoms with Crippen molar-refractivity contribution in [1.82, 2.24) is 0 Å². The van der Waals surface area contributed by atoms with Crippen molar-refractivity contribution in [2.75, 3.05) is 13.2 Å². The van der Waals surface area contributed by atoms with Gasteiger partial charge in [0.05, 0.1) is 0 Å². The van der Waals surface area contributed by atoms with E-state index < -0.39 is 8.25 Å². The molecule has 2 atom stereocenters. The molecule has 0 saturated carbocycles. The highest BCUT2D eigenvalue weighted by Gasteiger charge is 2.26. The van der Waals surface area contributed by atoms with Gasteiger partial charge in [0, 0.05) is 40.4 Å². The van der Waals surface area contributed by atoms with E-state index in [1.165, 1.54) is 0 Å². The standard InChI is InChI=1S/C26H26O5P/c1-21(11-9-17-23-13-5-3-6-14-23)25(27)19-30-32(29)31-20-26(28)22(2)12-10-18-24-15-7-4-8-16-24/h3-8,13-16,21-22H,11-12,19-20H2,1-2H3/q+1/t21-,22-/m0/s1. The van der Waals surface area contributed by atoms with Crippen LogP contribution in [-0.4, -0.2) is 24.8 Å². The highest BCUT2D eigenvalue weighted by atomic mass is 31.1. The monoisotopic (exact) mass is 449 g/mol. The summed E-state index contributed by atoms with van der Waals surface area (Å²) in [5.41, 5.74) is 1.76. The molecule has 0 aliphatic heterocycles. The zero-order valence-electron chi connectivity index (χ0n) is 18.2. The molecule has 0 heterocycles. The zero-order valence-corrected chi connectivity index (χ0v) is 19.1. The number of carbonyl (C=O) groups excluding carboxylic acids is 2. The molecule has 2 aromatic carbocycles. The molecule has 0 N–H and O–H groups in total. The molecule has 164 valence electrons. The summed E-state index contributed by atoms with van der Waals surface area (Å²) in [6, 6.07) is 19.0. The molecule has 0 fully saturated rings. The van der Waals surface area contributed by atoms with Crippen LogP contribution in [0.25, 0.3) is 0 Å². The van der Waals surface area contributed by atoms with Crippen molar-refractivity contribution >= 4 is 19.8 Å². The van der Waals surface area contributed by atoms with Crippen LogP contribution in [0, 0.1) is 35.5 Å². The Kier molecular flexibility index (Phi) is 11.1. The maximum absolute atomic E-state index is 12.1. The lowest BCUT2D eigenvalue weighted by atomic mass is 10.0. The second-order valence-electron chi connectivity index (χ2n) is 7.25. The molecular weight excluding hydrogens is 423 g/mol. The molecule has 2 aromatic rings. The van der Waals surface area contributed by atoms with Crippen LogP contribution in [0.2, 0.25) is 0 Å². The first-order chi connectivity index (χ1) is 15.5. The van der Waals surface area contributed by atoms with Gasteiger partial charge in [-0.1, -0.05) is 73.9 Å². The van der Waals surface area contributed by atoms with Crippen molar-refractivity contribution in [1.29, 1.82) is 0 Å². The van der Waals surface area contributed by atoms with Gasteiger partial charge in [0.25, 0.3) is 0 Å². The minimum atomic E-state index is -2.56. The third-order valence-corrected chi connectivity index (χ3v) is 5.23. The van der Waals surface area contributed by atoms with E-state index in [9.17, 15) is 14.2 Å². The third-order valence-electron chi connectivity index (χ3n) is 4.55. The maximum atomic E-state index is 12.1. The second kappa shape index (κ2) is 14.1. The van der Waals surface area contributed by atoms with Crippen LogP contribution in [0.15, 0.2) is 60.7 Å². The second-order valence-corrected chi connectivity index (χ2v) is 8.21. The fourth-order valence-electron chi connectivity index (χ4n) is 2.44. The summed E-state index contributed by atoms with van der Waals surface area (Å²) in [5, 5.41) is 0. The van der Waals surface area contributed by atoms with Crippen molar-refractivity contribution in [3.63, 3.8) is 0 Å². The van der Waals surface area contributed by atoms with Gasteiger partial charge in [-0.05, 0) is 24.3 Å². The van der Waals surface area contributed by atoms with Gasteiger partial charge in [0.1, 0.15) is 0 Å². The Morgan fingerprint density at radius 2 is 1.12 bits per heavy atom. The Balaban J connectivity index is 1.65. The lowest BCUT2D eigenvalue weighted by Gasteiger charge is -2.04. The predicted molar refractivity (Wildman–Crippen MR) is 124 cm³/mol. The summed E-state index contributed by atoms with van der Waals surface area (Å²) in [4.78, 5) is 24.2. The van der Waals surface area contributed by atoms with Crippen molar-refractivity contribution in [2.45, 2.75) is 26.7 Å². The van der Waals surface area contributed by atoms with Gasteiger partial charge in [0.15, 0.2) is 24.8 Å². The number of hydrogen-bond donors (Lipinski definition) is 0. The van der Waals surface area contributed by atoms with E-state index in [1.807, 2.05) is 60.7 Å². The van der Waals surface area contributed by atoms with Crippen molar-refractivity contribution in [3.05, 3.63) is 71.8 Å². The molecule has 0 spiro atoms. The molecule has 0 saturated heterocycles. The minimum Gasteiger partial charge on any atom is -0.297 e. The summed E-state index contributed by atoms with van der Waals surface area (Å²) in [6.07, 6.45) is 0.740. The Labute approximate surface area is 190 Å². The van der Waals surface area contributed by atoms with Gasteiger partial charge in [-0.3, -0.25) is 9.59 Å². The predicted octanol–water partition coefficient (Wildman–Crippen LogP) is 4.97. The van der Waals surface area contributed by atoms with Crippen molar-refractivity contribution < 1.29 is 23.2 Å². The van der Waals surface area contributed by atoms with Crippen LogP contribution in [0.3, 0.4) is 0 Å². The van der Waals surface area contributed by atoms with Gasteiger partial charge in [-0.25, -0.2) is 0 Å². The third kappa shape index (κ3) is 9.82. The maximum Gasteiger partial charge on any atom is 0.698 e. The van der Waals surface area contributed by atoms with Gasteiger partial charge in [-0.15, -0.1) is 9.05 Å². The Hall–Kier alpha value is -3.08. The minimum absolute atomic E-state index is 0.227. The van der Waals surface area contributed by atoms with Crippen LogP contribution in [-0.2, 0) is 23.2 Å². The molecule has 6 heteroatoms. The zero-order chi connectivity index (χ0) is 23.2. The molecular formula is C26H26O5P+. The number of rotatable bonds is 10. The highest BCUT2D eigenvalue weighted by molar-refractivity contribution is 7.33. The number of ketones is 2. The summed E-state index contributed by atoms with van der Waals surface area (Å²) in [6.45, 7) is 2.77. The van der Waals surface area contributed by atoms with Gasteiger partial charge < -0.3 is 0 Å². The summed E-state index contributed by atoms with van der Waals surface area (Å²) < 4.78 is 21.8. The first kappa shape index (κ1) is 25.2. The average molecular weight is 449 g/mol. The normalized spacial score (nSPS) is 11.8. The van der Waals surface area contributed by atoms with Gasteiger partial charge in [0.2, 0.25) is 0 Å². The van der Waals surface area contributed by atoms with Crippen LogP contribution < -0.4 is 0 Å². The fourth-order valence-corrected chi connectivity index (χ4v) is 2.98. The first-order valence-electron chi connectivity index (χ1n) is 10.3. The highest BCUT2D eigenvalue weighted by Crippen LogP contribution is 2.24. The fraction of sp³-hybridized carbons (Fsp3) is 0.308. The lowest BCUT2D eigenvalue weighted by molar-refractivity contribution is -0.124. The molecule has 0 bridgehead atoms. The summed E-state index contributed by atoms with van der Waals surface area (Å²) in [5.74, 6) is 10.7. The van der Waals surface area contributed by atoms with E-state index in [4.69, 9.17) is 9.05 Å². The number of Topliss-reactive ketones (excluding diaryl/α,β-unsaturated/α-hetero) is 2. The van der Waals surface area contributed by atoms with E-state index in [2.05, 4.69) is 23.7 Å². The van der Waals surface area contributed by atoms with Crippen LogP contribution in [0.5, 0.6) is 0 Å². The molecule has 0 aliphatic carbocycles. The van der Waals surface area contributed by atoms with E-state index in [0.29, 0.717) is 12.8 Å². The van der Waals surface area contributed by atoms with Crippen molar-refractivity contribution in [2.24, 2.45) is 11.8 Å². The first-order valence-corrected chi connectivity index (χ1v) is 11.4. The molecule has 2 rings (SSSR count). The molecule has 0 aromatic heterocycles. The summed E-state index contributed by atoms with van der Waals surface area (Å²) in [7, 11) is -2.56. The topological polar surface area (TPSA) is 69.7 Å².